The Morgan fingerprint density at radius 3 is 1.79 bits per heavy atom. The van der Waals surface area contributed by atoms with Crippen LogP contribution in [0.2, 0.25) is 0 Å². The summed E-state index contributed by atoms with van der Waals surface area (Å²) in [6, 6.07) is 45.5. The fourth-order valence-electron chi connectivity index (χ4n) is 6.57. The Balaban J connectivity index is 0.991. The van der Waals surface area contributed by atoms with E-state index in [4.69, 9.17) is 14.5 Å². The van der Waals surface area contributed by atoms with Crippen molar-refractivity contribution in [1.82, 2.24) is 4.98 Å². The Morgan fingerprint density at radius 2 is 1.17 bits per heavy atom. The van der Waals surface area contributed by atoms with Gasteiger partial charge in [-0.1, -0.05) is 77.7 Å². The molecule has 7 aromatic rings. The van der Waals surface area contributed by atoms with Crippen LogP contribution in [-0.2, 0) is 0 Å². The smallest absolute Gasteiger partial charge is 0.193 e. The van der Waals surface area contributed by atoms with E-state index < -0.39 is 0 Å². The standard InChI is InChI=1S/C45H34BN2O3S/c1-29-4-25-44-43(26-29)47-45(52-44)32-7-5-30(6-8-32)33-11-22-40(34(27-33)28-49)42-24-23-41(46-42)31-9-12-35(13-10-31)48(36-14-18-38(50-2)19-15-36)37-16-20-39(51-3)21-17-37/h4-28H,1-3H3. The lowest BCUT2D eigenvalue weighted by atomic mass is 9.61. The molecule has 0 saturated heterocycles. The van der Waals surface area contributed by atoms with Crippen LogP contribution in [0.4, 0.5) is 17.1 Å². The van der Waals surface area contributed by atoms with Crippen LogP contribution in [0, 0.1) is 6.92 Å². The summed E-state index contributed by atoms with van der Waals surface area (Å²) in [5.74, 6) is 1.61. The van der Waals surface area contributed by atoms with E-state index in [-0.39, 0.29) is 0 Å². The molecule has 0 atom stereocenters. The zero-order chi connectivity index (χ0) is 35.6. The van der Waals surface area contributed by atoms with E-state index in [1.165, 1.54) is 10.3 Å². The second kappa shape index (κ2) is 14.2. The number of hydrogen-bond acceptors (Lipinski definition) is 6. The third-order valence-electron chi connectivity index (χ3n) is 9.37. The first-order valence-corrected chi connectivity index (χ1v) is 17.8. The number of thiazole rings is 1. The van der Waals surface area contributed by atoms with Gasteiger partial charge >= 0.3 is 0 Å². The first-order chi connectivity index (χ1) is 25.5. The minimum atomic E-state index is 0.658. The number of rotatable bonds is 10. The van der Waals surface area contributed by atoms with Gasteiger partial charge < -0.3 is 14.4 Å². The number of aromatic nitrogens is 1. The highest BCUT2D eigenvalue weighted by molar-refractivity contribution is 7.21. The van der Waals surface area contributed by atoms with Crippen molar-refractivity contribution in [3.63, 3.8) is 0 Å². The van der Waals surface area contributed by atoms with Crippen molar-refractivity contribution in [2.24, 2.45) is 0 Å². The molecule has 0 unspecified atom stereocenters. The summed E-state index contributed by atoms with van der Waals surface area (Å²) in [7, 11) is 5.49. The minimum absolute atomic E-state index is 0.658. The number of hydrogen-bond donors (Lipinski definition) is 0. The lowest BCUT2D eigenvalue weighted by Crippen LogP contribution is -2.10. The predicted molar refractivity (Wildman–Crippen MR) is 217 cm³/mol. The van der Waals surface area contributed by atoms with Crippen LogP contribution in [0.3, 0.4) is 0 Å². The van der Waals surface area contributed by atoms with Crippen molar-refractivity contribution in [1.29, 1.82) is 0 Å². The average Bonchev–Trinajstić information content (AvgIpc) is 3.87. The molecular formula is C45H34BN2O3S. The van der Waals surface area contributed by atoms with Gasteiger partial charge in [0.25, 0.3) is 0 Å². The third-order valence-corrected chi connectivity index (χ3v) is 10.5. The molecule has 0 saturated carbocycles. The number of anilines is 3. The molecule has 0 bridgehead atoms. The van der Waals surface area contributed by atoms with Gasteiger partial charge in [0.15, 0.2) is 13.6 Å². The van der Waals surface area contributed by atoms with Crippen LogP contribution >= 0.6 is 11.3 Å². The molecule has 6 aromatic carbocycles. The highest BCUT2D eigenvalue weighted by Crippen LogP contribution is 2.38. The van der Waals surface area contributed by atoms with Crippen molar-refractivity contribution in [3.8, 4) is 33.2 Å². The van der Waals surface area contributed by atoms with Gasteiger partial charge in [0.1, 0.15) is 16.5 Å². The van der Waals surface area contributed by atoms with Crippen molar-refractivity contribution >= 4 is 63.1 Å². The Labute approximate surface area is 308 Å². The largest absolute Gasteiger partial charge is 0.497 e. The SMILES string of the molecule is COc1ccc(N(c2ccc(OC)cc2)c2ccc(C3=CC=C(c4ccc(-c5ccc(-c6nc7cc(C)ccc7s6)cc5)cc4C=O)[B]3)cc2)cc1. The molecule has 1 aliphatic rings. The van der Waals surface area contributed by atoms with Crippen molar-refractivity contribution in [2.75, 3.05) is 19.1 Å². The molecule has 2 heterocycles. The number of fused-ring (bicyclic) bond motifs is 1. The Hall–Kier alpha value is -6.18. The topological polar surface area (TPSA) is 51.7 Å². The molecule has 1 aromatic heterocycles. The van der Waals surface area contributed by atoms with Crippen LogP contribution in [0.15, 0.2) is 146 Å². The van der Waals surface area contributed by atoms with Crippen LogP contribution < -0.4 is 14.4 Å². The summed E-state index contributed by atoms with van der Waals surface area (Å²) in [4.78, 5) is 19.4. The Kier molecular flexibility index (Phi) is 9.02. The quantitative estimate of drug-likeness (QED) is 0.105. The molecular weight excluding hydrogens is 659 g/mol. The van der Waals surface area contributed by atoms with Gasteiger partial charge in [-0.25, -0.2) is 4.98 Å². The second-order valence-electron chi connectivity index (χ2n) is 12.7. The minimum Gasteiger partial charge on any atom is -0.497 e. The molecule has 1 aliphatic heterocycles. The molecule has 0 aliphatic carbocycles. The maximum atomic E-state index is 12.4. The number of allylic oxidation sites excluding steroid dienone is 2. The zero-order valence-corrected chi connectivity index (χ0v) is 29.9. The van der Waals surface area contributed by atoms with E-state index in [9.17, 15) is 4.79 Å². The Bertz CT molecular complexity index is 2420. The Morgan fingerprint density at radius 1 is 0.615 bits per heavy atom. The molecule has 0 N–H and O–H groups in total. The first kappa shape index (κ1) is 33.0. The summed E-state index contributed by atoms with van der Waals surface area (Å²) in [5, 5.41) is 1.00. The fourth-order valence-corrected chi connectivity index (χ4v) is 7.52. The number of ether oxygens (including phenoxy) is 2. The molecule has 7 heteroatoms. The number of aryl methyl sites for hydroxylation is 1. The highest BCUT2D eigenvalue weighted by Gasteiger charge is 2.19. The van der Waals surface area contributed by atoms with Crippen molar-refractivity contribution < 1.29 is 14.3 Å². The van der Waals surface area contributed by atoms with Crippen LogP contribution in [0.1, 0.15) is 27.0 Å². The van der Waals surface area contributed by atoms with Crippen molar-refractivity contribution in [2.45, 2.75) is 6.92 Å². The molecule has 0 fully saturated rings. The summed E-state index contributed by atoms with van der Waals surface area (Å²) < 4.78 is 12.0. The highest BCUT2D eigenvalue weighted by atomic mass is 32.1. The van der Waals surface area contributed by atoms with Gasteiger partial charge in [-0.3, -0.25) is 4.79 Å². The monoisotopic (exact) mass is 693 g/mol. The van der Waals surface area contributed by atoms with E-state index in [1.54, 1.807) is 25.6 Å². The fraction of sp³-hybridized carbons (Fsp3) is 0.0667. The lowest BCUT2D eigenvalue weighted by Gasteiger charge is -2.26. The van der Waals surface area contributed by atoms with E-state index in [1.807, 2.05) is 36.4 Å². The molecule has 1 radical (unpaired) electrons. The van der Waals surface area contributed by atoms with Crippen LogP contribution in [0.5, 0.6) is 11.5 Å². The van der Waals surface area contributed by atoms with Gasteiger partial charge in [-0.2, -0.15) is 0 Å². The number of carbonyl (C=O) groups excluding carboxylic acids is 1. The molecule has 251 valence electrons. The average molecular weight is 694 g/mol. The molecule has 0 spiro atoms. The van der Waals surface area contributed by atoms with Crippen LogP contribution in [-0.4, -0.2) is 32.8 Å². The molecule has 5 nitrogen and oxygen atoms in total. The first-order valence-electron chi connectivity index (χ1n) is 17.0. The summed E-state index contributed by atoms with van der Waals surface area (Å²) in [5.41, 5.74) is 13.2. The number of aldehydes is 1. The van der Waals surface area contributed by atoms with Gasteiger partial charge in [0.2, 0.25) is 0 Å². The maximum Gasteiger partial charge on any atom is 0.193 e. The van der Waals surface area contributed by atoms with Crippen molar-refractivity contribution in [3.05, 3.63) is 168 Å². The van der Waals surface area contributed by atoms with Gasteiger partial charge in [0.05, 0.1) is 24.4 Å². The zero-order valence-electron chi connectivity index (χ0n) is 29.0. The predicted octanol–water partition coefficient (Wildman–Crippen LogP) is 11.3. The number of carbonyl (C=O) groups is 1. The van der Waals surface area contributed by atoms with E-state index >= 15 is 0 Å². The normalized spacial score (nSPS) is 12.2. The third kappa shape index (κ3) is 6.54. The second-order valence-corrected chi connectivity index (χ2v) is 13.7. The number of benzene rings is 6. The van der Waals surface area contributed by atoms with Gasteiger partial charge in [-0.15, -0.1) is 11.3 Å². The summed E-state index contributed by atoms with van der Waals surface area (Å²) in [6.07, 6.45) is 5.14. The van der Waals surface area contributed by atoms with E-state index in [2.05, 4.69) is 128 Å². The van der Waals surface area contributed by atoms with E-state index in [0.717, 1.165) is 84.1 Å². The maximum absolute atomic E-state index is 12.4. The van der Waals surface area contributed by atoms with Crippen LogP contribution in [0.25, 0.3) is 42.9 Å². The summed E-state index contributed by atoms with van der Waals surface area (Å²) in [6.45, 7) is 2.09. The van der Waals surface area contributed by atoms with Gasteiger partial charge in [-0.05, 0) is 114 Å². The summed E-state index contributed by atoms with van der Waals surface area (Å²) >= 11 is 1.70. The number of nitrogens with zero attached hydrogens (tertiary/aromatic N) is 2. The molecule has 0 amide bonds. The van der Waals surface area contributed by atoms with Gasteiger partial charge in [0, 0.05) is 28.2 Å². The molecule has 52 heavy (non-hydrogen) atoms. The molecule has 8 rings (SSSR count). The number of methoxy groups -OCH3 is 2. The lowest BCUT2D eigenvalue weighted by molar-refractivity contribution is 0.112. The van der Waals surface area contributed by atoms with E-state index in [0.29, 0.717) is 5.56 Å².